The lowest BCUT2D eigenvalue weighted by atomic mass is 9.80. The predicted octanol–water partition coefficient (Wildman–Crippen LogP) is 9.85. The van der Waals surface area contributed by atoms with Crippen LogP contribution >= 0.6 is 0 Å². The average molecular weight is 618 g/mol. The minimum atomic E-state index is -0.287. The van der Waals surface area contributed by atoms with Gasteiger partial charge < -0.3 is 4.74 Å². The van der Waals surface area contributed by atoms with Gasteiger partial charge in [0.2, 0.25) is 5.90 Å². The molecule has 3 aromatic carbocycles. The van der Waals surface area contributed by atoms with Crippen LogP contribution in [0.25, 0.3) is 55.2 Å². The Hall–Kier alpha value is -4.97. The molecule has 0 unspecified atom stereocenters. The Bertz CT molecular complexity index is 2450. The molecule has 1 fully saturated rings. The van der Waals surface area contributed by atoms with E-state index < -0.39 is 0 Å². The summed E-state index contributed by atoms with van der Waals surface area (Å²) in [7, 11) is 0. The molecule has 6 heteroatoms. The number of rotatable bonds is 3. The molecule has 47 heavy (non-hydrogen) atoms. The van der Waals surface area contributed by atoms with Crippen LogP contribution in [0.5, 0.6) is 0 Å². The lowest BCUT2D eigenvalue weighted by Crippen LogP contribution is -2.45. The zero-order valence-corrected chi connectivity index (χ0v) is 27.8. The highest BCUT2D eigenvalue weighted by atomic mass is 16.5. The van der Waals surface area contributed by atoms with E-state index in [-0.39, 0.29) is 11.1 Å². The first-order valence-corrected chi connectivity index (χ1v) is 16.9. The summed E-state index contributed by atoms with van der Waals surface area (Å²) in [6.07, 6.45) is 7.58. The third-order valence-corrected chi connectivity index (χ3v) is 10.9. The number of benzene rings is 3. The fourth-order valence-electron chi connectivity index (χ4n) is 8.18. The number of hydrogen-bond acceptors (Lipinski definition) is 4. The summed E-state index contributed by atoms with van der Waals surface area (Å²) in [6, 6.07) is 28.6. The van der Waals surface area contributed by atoms with Gasteiger partial charge in [0, 0.05) is 44.7 Å². The molecule has 0 saturated heterocycles. The van der Waals surface area contributed by atoms with Crippen molar-refractivity contribution >= 4 is 49.6 Å². The predicted molar refractivity (Wildman–Crippen MR) is 192 cm³/mol. The van der Waals surface area contributed by atoms with Crippen LogP contribution in [0.3, 0.4) is 0 Å². The SMILES string of the molecule is Cc1ccc2c(c1)c1ccc(-n3c4ccc(C)cc4c4cccnc43)cc1n2-c1cc(C2=N[C@]3(C)CCCCC[C@]3(C)O2)cc(C)n1. The third-order valence-electron chi connectivity index (χ3n) is 10.9. The molecule has 2 aliphatic rings. The number of aromatic nitrogens is 4. The quantitative estimate of drug-likeness (QED) is 0.198. The molecule has 0 bridgehead atoms. The van der Waals surface area contributed by atoms with Crippen molar-refractivity contribution in [1.82, 2.24) is 19.1 Å². The van der Waals surface area contributed by atoms with E-state index in [9.17, 15) is 0 Å². The number of fused-ring (bicyclic) bond motifs is 7. The van der Waals surface area contributed by atoms with Crippen LogP contribution in [0.2, 0.25) is 0 Å². The molecule has 0 N–H and O–H groups in total. The Kier molecular flexibility index (Phi) is 6.02. The molecule has 5 heterocycles. The van der Waals surface area contributed by atoms with Gasteiger partial charge in [0.1, 0.15) is 22.6 Å². The van der Waals surface area contributed by atoms with E-state index in [0.717, 1.165) is 69.1 Å². The lowest BCUT2D eigenvalue weighted by Gasteiger charge is -2.36. The first kappa shape index (κ1) is 28.3. The number of aryl methyl sites for hydroxylation is 3. The molecule has 6 nitrogen and oxygen atoms in total. The minimum Gasteiger partial charge on any atom is -0.469 e. The van der Waals surface area contributed by atoms with Crippen LogP contribution in [-0.4, -0.2) is 36.1 Å². The molecule has 234 valence electrons. The summed E-state index contributed by atoms with van der Waals surface area (Å²) in [5.74, 6) is 1.61. The van der Waals surface area contributed by atoms with Crippen molar-refractivity contribution < 1.29 is 4.74 Å². The normalized spacial score (nSPS) is 21.3. The molecule has 2 atom stereocenters. The van der Waals surface area contributed by atoms with Crippen LogP contribution in [0.4, 0.5) is 0 Å². The number of hydrogen-bond donors (Lipinski definition) is 0. The number of aliphatic imine (C=N–C) groups is 1. The van der Waals surface area contributed by atoms with Crippen molar-refractivity contribution in [3.63, 3.8) is 0 Å². The lowest BCUT2D eigenvalue weighted by molar-refractivity contribution is 0.0278. The second-order valence-electron chi connectivity index (χ2n) is 14.2. The second-order valence-corrected chi connectivity index (χ2v) is 14.2. The number of nitrogens with zero attached hydrogens (tertiary/aromatic N) is 5. The van der Waals surface area contributed by atoms with Gasteiger partial charge in [-0.15, -0.1) is 0 Å². The highest BCUT2D eigenvalue weighted by Crippen LogP contribution is 2.46. The molecule has 4 aromatic heterocycles. The highest BCUT2D eigenvalue weighted by molar-refractivity contribution is 6.11. The van der Waals surface area contributed by atoms with E-state index >= 15 is 0 Å². The molecular weight excluding hydrogens is 578 g/mol. The van der Waals surface area contributed by atoms with Crippen LogP contribution in [0, 0.1) is 20.8 Å². The van der Waals surface area contributed by atoms with Gasteiger partial charge in [-0.3, -0.25) is 9.13 Å². The number of ether oxygens (including phenoxy) is 1. The maximum absolute atomic E-state index is 6.80. The summed E-state index contributed by atoms with van der Waals surface area (Å²) in [5, 5.41) is 4.77. The molecular formula is C41H39N5O. The van der Waals surface area contributed by atoms with Gasteiger partial charge in [-0.05, 0) is 115 Å². The van der Waals surface area contributed by atoms with E-state index in [1.165, 1.54) is 46.5 Å². The summed E-state index contributed by atoms with van der Waals surface area (Å²) in [6.45, 7) is 10.9. The maximum atomic E-state index is 6.80. The summed E-state index contributed by atoms with van der Waals surface area (Å²) in [5.41, 5.74) is 9.29. The summed E-state index contributed by atoms with van der Waals surface area (Å²) >= 11 is 0. The first-order valence-electron chi connectivity index (χ1n) is 16.9. The summed E-state index contributed by atoms with van der Waals surface area (Å²) in [4.78, 5) is 15.3. The van der Waals surface area contributed by atoms with Gasteiger partial charge >= 0.3 is 0 Å². The van der Waals surface area contributed by atoms with E-state index in [1.54, 1.807) is 0 Å². The van der Waals surface area contributed by atoms with Crippen molar-refractivity contribution in [2.45, 2.75) is 77.9 Å². The standard InChI is InChI=1S/C41H39N5O/c1-25-12-16-35-32(20-25)30-14-13-29(45-34-15-11-26(2)21-33(34)31-10-9-19-42-38(31)45)24-36(30)46(35)37-23-28(22-27(3)43-37)39-44-40(4)17-7-6-8-18-41(40,5)47-39/h9-16,19-24H,6-8,17-18H2,1-5H3/t40-,41+/m1/s1. The molecule has 7 aromatic rings. The van der Waals surface area contributed by atoms with E-state index in [0.29, 0.717) is 0 Å². The van der Waals surface area contributed by atoms with Crippen LogP contribution in [-0.2, 0) is 4.74 Å². The highest BCUT2D eigenvalue weighted by Gasteiger charge is 2.52. The Morgan fingerprint density at radius 2 is 1.43 bits per heavy atom. The van der Waals surface area contributed by atoms with Crippen molar-refractivity contribution in [1.29, 1.82) is 0 Å². The van der Waals surface area contributed by atoms with Gasteiger partial charge in [0.15, 0.2) is 0 Å². The molecule has 1 aliphatic heterocycles. The molecule has 0 amide bonds. The van der Waals surface area contributed by atoms with Crippen LogP contribution in [0.15, 0.2) is 90.1 Å². The summed E-state index contributed by atoms with van der Waals surface area (Å²) < 4.78 is 11.4. The second kappa shape index (κ2) is 10.0. The Morgan fingerprint density at radius 3 is 2.23 bits per heavy atom. The fraction of sp³-hybridized carbons (Fsp3) is 0.293. The number of pyridine rings is 2. The Labute approximate surface area is 274 Å². The zero-order chi connectivity index (χ0) is 32.1. The van der Waals surface area contributed by atoms with E-state index in [1.807, 2.05) is 12.3 Å². The van der Waals surface area contributed by atoms with Gasteiger partial charge in [0.25, 0.3) is 0 Å². The van der Waals surface area contributed by atoms with Crippen molar-refractivity contribution in [2.24, 2.45) is 4.99 Å². The smallest absolute Gasteiger partial charge is 0.217 e. The van der Waals surface area contributed by atoms with Crippen LogP contribution in [0.1, 0.15) is 68.3 Å². The first-order chi connectivity index (χ1) is 22.7. The molecule has 0 spiro atoms. The van der Waals surface area contributed by atoms with E-state index in [2.05, 4.69) is 117 Å². The largest absolute Gasteiger partial charge is 0.469 e. The van der Waals surface area contributed by atoms with Crippen molar-refractivity contribution in [3.05, 3.63) is 107 Å². The van der Waals surface area contributed by atoms with Crippen molar-refractivity contribution in [3.8, 4) is 11.5 Å². The maximum Gasteiger partial charge on any atom is 0.217 e. The van der Waals surface area contributed by atoms with Crippen molar-refractivity contribution in [2.75, 3.05) is 0 Å². The van der Waals surface area contributed by atoms with Gasteiger partial charge in [-0.1, -0.05) is 42.2 Å². The third kappa shape index (κ3) is 4.20. The van der Waals surface area contributed by atoms with Gasteiger partial charge in [0.05, 0.1) is 16.6 Å². The molecule has 1 aliphatic carbocycles. The minimum absolute atomic E-state index is 0.218. The fourth-order valence-corrected chi connectivity index (χ4v) is 8.18. The molecule has 9 rings (SSSR count). The monoisotopic (exact) mass is 617 g/mol. The zero-order valence-electron chi connectivity index (χ0n) is 27.8. The Balaban J connectivity index is 1.28. The molecule has 1 saturated carbocycles. The van der Waals surface area contributed by atoms with Crippen LogP contribution < -0.4 is 0 Å². The van der Waals surface area contributed by atoms with Gasteiger partial charge in [-0.25, -0.2) is 15.0 Å². The Morgan fingerprint density at radius 1 is 0.681 bits per heavy atom. The van der Waals surface area contributed by atoms with Gasteiger partial charge in [-0.2, -0.15) is 0 Å². The van der Waals surface area contributed by atoms with E-state index in [4.69, 9.17) is 19.7 Å². The molecule has 0 radical (unpaired) electrons. The average Bonchev–Trinajstić information content (AvgIpc) is 3.61. The topological polar surface area (TPSA) is 57.2 Å².